The maximum atomic E-state index is 7.06. The molecular formula is C46H31B3N2O4S4. The van der Waals surface area contributed by atoms with Gasteiger partial charge in [-0.15, -0.1) is 35.3 Å². The van der Waals surface area contributed by atoms with Crippen LogP contribution in [0.3, 0.4) is 0 Å². The molecule has 0 saturated carbocycles. The van der Waals surface area contributed by atoms with E-state index in [0.717, 1.165) is 94.9 Å². The molecule has 0 unspecified atom stereocenters. The van der Waals surface area contributed by atoms with E-state index in [-0.39, 0.29) is 20.1 Å². The average molecular weight is 836 g/mol. The highest BCUT2D eigenvalue weighted by Gasteiger charge is 2.48. The van der Waals surface area contributed by atoms with Crippen LogP contribution in [-0.4, -0.2) is 45.2 Å². The molecule has 0 fully saturated rings. The predicted molar refractivity (Wildman–Crippen MR) is 254 cm³/mol. The fraction of sp³-hybridized carbons (Fsp3) is 0.0870. The normalized spacial score (nSPS) is 14.6. The molecule has 0 radical (unpaired) electrons. The van der Waals surface area contributed by atoms with Gasteiger partial charge in [-0.2, -0.15) is 0 Å². The van der Waals surface area contributed by atoms with Crippen LogP contribution in [0.4, 0.5) is 22.7 Å². The molecule has 0 amide bonds. The van der Waals surface area contributed by atoms with Crippen molar-refractivity contribution in [1.29, 1.82) is 0 Å². The van der Waals surface area contributed by atoms with Gasteiger partial charge in [0.2, 0.25) is 0 Å². The third-order valence-corrected chi connectivity index (χ3v) is 15.6. The summed E-state index contributed by atoms with van der Waals surface area (Å²) in [5.74, 6) is 7.03. The molecule has 282 valence electrons. The Morgan fingerprint density at radius 3 is 1.56 bits per heavy atom. The molecule has 6 nitrogen and oxygen atoms in total. The van der Waals surface area contributed by atoms with E-state index in [1.165, 1.54) is 37.7 Å². The molecule has 6 aliphatic heterocycles. The van der Waals surface area contributed by atoms with Gasteiger partial charge in [0.05, 0.1) is 11.4 Å². The number of hydrogen-bond acceptors (Lipinski definition) is 10. The molecule has 59 heavy (non-hydrogen) atoms. The van der Waals surface area contributed by atoms with Gasteiger partial charge in [0.1, 0.15) is 46.0 Å². The summed E-state index contributed by atoms with van der Waals surface area (Å²) in [6.45, 7) is -0.164. The summed E-state index contributed by atoms with van der Waals surface area (Å²) in [5, 5.41) is 3.84. The zero-order valence-corrected chi connectivity index (χ0v) is 35.6. The molecule has 0 aliphatic carbocycles. The van der Waals surface area contributed by atoms with Crippen LogP contribution in [0, 0.1) is 0 Å². The Kier molecular flexibility index (Phi) is 7.50. The van der Waals surface area contributed by atoms with Crippen molar-refractivity contribution in [3.8, 4) is 46.0 Å². The molecule has 0 atom stereocenters. The van der Waals surface area contributed by atoms with E-state index in [4.69, 9.17) is 18.9 Å². The fourth-order valence-electron chi connectivity index (χ4n) is 10.2. The van der Waals surface area contributed by atoms with Gasteiger partial charge in [0.15, 0.2) is 0 Å². The van der Waals surface area contributed by atoms with E-state index < -0.39 is 0 Å². The second-order valence-electron chi connectivity index (χ2n) is 15.5. The SMILES string of the molecule is CSc1cc2c3c(c1)Oc1ccccc1B3c1cc3c(cc1N2)Oc1cc(SC)cc2c1B3c1cc3c(cc1O2)N(SC)c1cc(SC)cc2c1B3c1ccccc1O2. The lowest BCUT2D eigenvalue weighted by atomic mass is 9.30. The highest BCUT2D eigenvalue weighted by atomic mass is 32.2. The molecule has 6 heterocycles. The third-order valence-electron chi connectivity index (χ3n) is 12.7. The van der Waals surface area contributed by atoms with Gasteiger partial charge in [0.25, 0.3) is 20.1 Å². The summed E-state index contributed by atoms with van der Waals surface area (Å²) in [4.78, 5) is 3.42. The first-order chi connectivity index (χ1) is 29.0. The van der Waals surface area contributed by atoms with Crippen molar-refractivity contribution in [2.24, 2.45) is 0 Å². The van der Waals surface area contributed by atoms with E-state index in [1.54, 1.807) is 47.2 Å². The minimum atomic E-state index is -0.133. The minimum Gasteiger partial charge on any atom is -0.458 e. The van der Waals surface area contributed by atoms with E-state index >= 15 is 0 Å². The van der Waals surface area contributed by atoms with Crippen molar-refractivity contribution in [3.05, 3.63) is 109 Å². The van der Waals surface area contributed by atoms with Crippen LogP contribution >= 0.6 is 47.2 Å². The zero-order valence-electron chi connectivity index (χ0n) is 32.3. The Morgan fingerprint density at radius 1 is 0.407 bits per heavy atom. The van der Waals surface area contributed by atoms with Crippen LogP contribution in [0.5, 0.6) is 46.0 Å². The molecule has 0 spiro atoms. The second kappa shape index (κ2) is 12.7. The monoisotopic (exact) mass is 836 g/mol. The smallest absolute Gasteiger partial charge is 0.260 e. The van der Waals surface area contributed by atoms with Gasteiger partial charge in [-0.1, -0.05) is 48.5 Å². The molecule has 1 N–H and O–H groups in total. The number of nitrogens with zero attached hydrogens (tertiary/aromatic N) is 1. The van der Waals surface area contributed by atoms with Gasteiger partial charge >= 0.3 is 0 Å². The van der Waals surface area contributed by atoms with Crippen molar-refractivity contribution < 1.29 is 18.9 Å². The molecule has 7 aromatic rings. The highest BCUT2D eigenvalue weighted by Crippen LogP contribution is 2.45. The third kappa shape index (κ3) is 4.81. The molecule has 0 bridgehead atoms. The number of thioether (sulfide) groups is 3. The van der Waals surface area contributed by atoms with Crippen LogP contribution in [0.15, 0.2) is 124 Å². The number of nitrogens with one attached hydrogen (secondary N) is 1. The van der Waals surface area contributed by atoms with Crippen molar-refractivity contribution in [3.63, 3.8) is 0 Å². The van der Waals surface area contributed by atoms with Crippen molar-refractivity contribution in [2.75, 3.05) is 34.6 Å². The second-order valence-corrected chi connectivity index (χ2v) is 18.9. The minimum absolute atomic E-state index is 0.0139. The Labute approximate surface area is 360 Å². The predicted octanol–water partition coefficient (Wildman–Crippen LogP) is 6.61. The number of benzene rings is 7. The summed E-state index contributed by atoms with van der Waals surface area (Å²) in [6, 6.07) is 39.7. The van der Waals surface area contributed by atoms with Crippen molar-refractivity contribution in [1.82, 2.24) is 0 Å². The number of ether oxygens (including phenoxy) is 4. The summed E-state index contributed by atoms with van der Waals surface area (Å²) >= 11 is 6.87. The lowest BCUT2D eigenvalue weighted by molar-refractivity contribution is 0.462. The largest absolute Gasteiger partial charge is 0.458 e. The Bertz CT molecular complexity index is 3060. The molecule has 6 aliphatic rings. The van der Waals surface area contributed by atoms with E-state index in [1.807, 2.05) is 0 Å². The van der Waals surface area contributed by atoms with Gasteiger partial charge in [-0.3, -0.25) is 4.31 Å². The average Bonchev–Trinajstić information content (AvgIpc) is 3.27. The Balaban J connectivity index is 1.06. The number of fused-ring (bicyclic) bond motifs is 12. The van der Waals surface area contributed by atoms with E-state index in [9.17, 15) is 0 Å². The first-order valence-corrected chi connectivity index (χ1v) is 24.4. The van der Waals surface area contributed by atoms with Gasteiger partial charge < -0.3 is 24.3 Å². The van der Waals surface area contributed by atoms with E-state index in [0.29, 0.717) is 0 Å². The first kappa shape index (κ1) is 34.8. The topological polar surface area (TPSA) is 52.2 Å². The first-order valence-electron chi connectivity index (χ1n) is 19.5. The maximum absolute atomic E-state index is 7.06. The lowest BCUT2D eigenvalue weighted by Gasteiger charge is -2.41. The molecule has 13 heteroatoms. The van der Waals surface area contributed by atoms with Crippen molar-refractivity contribution in [2.45, 2.75) is 14.7 Å². The quantitative estimate of drug-likeness (QED) is 0.119. The summed E-state index contributed by atoms with van der Waals surface area (Å²) in [5.41, 5.74) is 14.9. The fourth-order valence-corrected chi connectivity index (χ4v) is 12.3. The Hall–Kier alpha value is -5.07. The number of rotatable bonds is 4. The Morgan fingerprint density at radius 2 is 0.915 bits per heavy atom. The van der Waals surface area contributed by atoms with Gasteiger partial charge in [-0.05, 0) is 123 Å². The standard InChI is InChI=1S/C46H31B3N2O4S4/c1-56-23-13-33-44-40(15-23)52-36-11-7-5-9-26(36)47(44)28-19-30-38(21-32(28)50-33)54-42-17-25(58-3)18-43-46(42)49(30)31-20-29-34(22-39(31)55-43)51(59-4)35-14-24(57-2)16-41-45(35)48(29)27-10-6-8-12-37(27)53-41/h5-22,50H,1-4H3. The maximum Gasteiger partial charge on any atom is 0.260 e. The number of para-hydroxylation sites is 2. The summed E-state index contributed by atoms with van der Waals surface area (Å²) in [6.07, 6.45) is 8.49. The van der Waals surface area contributed by atoms with E-state index in [2.05, 4.69) is 144 Å². The molecule has 7 aromatic carbocycles. The zero-order chi connectivity index (χ0) is 39.3. The summed E-state index contributed by atoms with van der Waals surface area (Å²) < 4.78 is 29.8. The van der Waals surface area contributed by atoms with Crippen LogP contribution in [0.1, 0.15) is 0 Å². The lowest BCUT2D eigenvalue weighted by Crippen LogP contribution is -2.64. The molecule has 13 rings (SSSR count). The highest BCUT2D eigenvalue weighted by molar-refractivity contribution is 8.00. The molecule has 0 saturated heterocycles. The van der Waals surface area contributed by atoms with Gasteiger partial charge in [-0.25, -0.2) is 0 Å². The van der Waals surface area contributed by atoms with Crippen LogP contribution in [-0.2, 0) is 0 Å². The van der Waals surface area contributed by atoms with Crippen LogP contribution in [0.2, 0.25) is 0 Å². The van der Waals surface area contributed by atoms with Crippen molar-refractivity contribution >= 4 is 139 Å². The number of anilines is 4. The molecular weight excluding hydrogens is 805 g/mol. The van der Waals surface area contributed by atoms with Crippen LogP contribution < -0.4 is 77.7 Å². The summed E-state index contributed by atoms with van der Waals surface area (Å²) in [7, 11) is 0. The molecule has 0 aromatic heterocycles. The number of hydrogen-bond donors (Lipinski definition) is 1. The van der Waals surface area contributed by atoms with Gasteiger partial charge in [0, 0.05) is 49.9 Å². The van der Waals surface area contributed by atoms with Crippen LogP contribution in [0.25, 0.3) is 0 Å².